The number of nitrogens with zero attached hydrogens (tertiary/aromatic N) is 2. The zero-order valence-corrected chi connectivity index (χ0v) is 36.8. The molecule has 0 unspecified atom stereocenters. The Morgan fingerprint density at radius 1 is 0.491 bits per heavy atom. The Kier molecular flexibility index (Phi) is 32.8. The number of esters is 1. The third kappa shape index (κ3) is 30.0. The summed E-state index contributed by atoms with van der Waals surface area (Å²) in [6, 6.07) is 6.08. The Morgan fingerprint density at radius 3 is 1.24 bits per heavy atom. The molecule has 1 fully saturated rings. The highest BCUT2D eigenvalue weighted by Gasteiger charge is 2.14. The highest BCUT2D eigenvalue weighted by Crippen LogP contribution is 2.25. The molecule has 1 aromatic carbocycles. The quantitative estimate of drug-likeness (QED) is 0.0491. The van der Waals surface area contributed by atoms with E-state index in [0.29, 0.717) is 19.6 Å². The molecule has 0 atom stereocenters. The van der Waals surface area contributed by atoms with Crippen LogP contribution < -0.4 is 9.47 Å². The Morgan fingerprint density at radius 2 is 0.855 bits per heavy atom. The number of benzene rings is 1. The van der Waals surface area contributed by atoms with Gasteiger partial charge in [0.1, 0.15) is 18.1 Å². The van der Waals surface area contributed by atoms with E-state index in [0.717, 1.165) is 69.0 Å². The highest BCUT2D eigenvalue weighted by atomic mass is 16.5. The SMILES string of the molecule is CCCCCCCCCCCCCCCCCCOc1cc(COC(=O)CCCN2CCN(C)CC2)cc(OCCCCCCCCCCCCCCC)c1. The molecule has 6 nitrogen and oxygen atoms in total. The van der Waals surface area contributed by atoms with E-state index in [2.05, 4.69) is 30.7 Å². The Bertz CT molecular complexity index is 995. The lowest BCUT2D eigenvalue weighted by molar-refractivity contribution is -0.145. The van der Waals surface area contributed by atoms with Crippen LogP contribution in [0.1, 0.15) is 218 Å². The molecule has 2 rings (SSSR count). The first-order valence-corrected chi connectivity index (χ1v) is 24.1. The number of rotatable bonds is 39. The molecule has 55 heavy (non-hydrogen) atoms. The summed E-state index contributed by atoms with van der Waals surface area (Å²) in [5, 5.41) is 0. The Hall–Kier alpha value is -1.79. The van der Waals surface area contributed by atoms with E-state index >= 15 is 0 Å². The number of unbranched alkanes of at least 4 members (excludes halogenated alkanes) is 27. The summed E-state index contributed by atoms with van der Waals surface area (Å²) in [7, 11) is 2.17. The van der Waals surface area contributed by atoms with Crippen molar-refractivity contribution in [3.8, 4) is 11.5 Å². The highest BCUT2D eigenvalue weighted by molar-refractivity contribution is 5.69. The van der Waals surface area contributed by atoms with Gasteiger partial charge in [0.25, 0.3) is 0 Å². The molecule has 1 heterocycles. The van der Waals surface area contributed by atoms with Gasteiger partial charge >= 0.3 is 5.97 Å². The number of ether oxygens (including phenoxy) is 3. The minimum atomic E-state index is -0.122. The van der Waals surface area contributed by atoms with Gasteiger partial charge in [-0.2, -0.15) is 0 Å². The van der Waals surface area contributed by atoms with Crippen LogP contribution in [0, 0.1) is 0 Å². The molecule has 0 spiro atoms. The molecule has 0 amide bonds. The first-order chi connectivity index (χ1) is 27.1. The molecule has 0 aromatic heterocycles. The molecular formula is C49H90N2O4. The smallest absolute Gasteiger partial charge is 0.306 e. The van der Waals surface area contributed by atoms with E-state index in [9.17, 15) is 4.79 Å². The largest absolute Gasteiger partial charge is 0.493 e. The number of carbonyl (C=O) groups excluding carboxylic acids is 1. The molecule has 1 aliphatic heterocycles. The second kappa shape index (κ2) is 36.5. The second-order valence-electron chi connectivity index (χ2n) is 17.0. The van der Waals surface area contributed by atoms with Gasteiger partial charge in [0.05, 0.1) is 13.2 Å². The predicted molar refractivity (Wildman–Crippen MR) is 236 cm³/mol. The zero-order chi connectivity index (χ0) is 39.3. The van der Waals surface area contributed by atoms with Gasteiger partial charge in [0, 0.05) is 38.7 Å². The lowest BCUT2D eigenvalue weighted by Gasteiger charge is -2.32. The number of hydrogen-bond donors (Lipinski definition) is 0. The molecule has 1 aliphatic rings. The van der Waals surface area contributed by atoms with Gasteiger partial charge in [-0.1, -0.05) is 187 Å². The third-order valence-electron chi connectivity index (χ3n) is 11.6. The molecule has 0 N–H and O–H groups in total. The average molecular weight is 771 g/mol. The van der Waals surface area contributed by atoms with Crippen molar-refractivity contribution in [2.75, 3.05) is 53.0 Å². The average Bonchev–Trinajstić information content (AvgIpc) is 3.19. The molecule has 6 heteroatoms. The first kappa shape index (κ1) is 49.4. The first-order valence-electron chi connectivity index (χ1n) is 24.1. The van der Waals surface area contributed by atoms with E-state index in [1.54, 1.807) is 0 Å². The topological polar surface area (TPSA) is 51.2 Å². The summed E-state index contributed by atoms with van der Waals surface area (Å²) < 4.78 is 18.2. The van der Waals surface area contributed by atoms with Crippen molar-refractivity contribution < 1.29 is 19.0 Å². The monoisotopic (exact) mass is 771 g/mol. The summed E-state index contributed by atoms with van der Waals surface area (Å²) >= 11 is 0. The maximum absolute atomic E-state index is 12.6. The van der Waals surface area contributed by atoms with Crippen LogP contribution in [-0.4, -0.2) is 68.8 Å². The molecule has 0 aliphatic carbocycles. The van der Waals surface area contributed by atoms with Gasteiger partial charge in [-0.15, -0.1) is 0 Å². The number of piperazine rings is 1. The summed E-state index contributed by atoms with van der Waals surface area (Å²) in [6.45, 7) is 11.6. The summed E-state index contributed by atoms with van der Waals surface area (Å²) in [6.07, 6.45) is 40.7. The van der Waals surface area contributed by atoms with Crippen molar-refractivity contribution in [1.82, 2.24) is 9.80 Å². The lowest BCUT2D eigenvalue weighted by Crippen LogP contribution is -2.44. The van der Waals surface area contributed by atoms with Crippen molar-refractivity contribution in [2.24, 2.45) is 0 Å². The summed E-state index contributed by atoms with van der Waals surface area (Å²) in [5.41, 5.74) is 0.942. The van der Waals surface area contributed by atoms with Crippen LogP contribution in [-0.2, 0) is 16.1 Å². The molecule has 0 bridgehead atoms. The van der Waals surface area contributed by atoms with Gasteiger partial charge in [0.2, 0.25) is 0 Å². The van der Waals surface area contributed by atoms with Crippen LogP contribution in [0.2, 0.25) is 0 Å². The maximum atomic E-state index is 12.6. The van der Waals surface area contributed by atoms with Crippen molar-refractivity contribution >= 4 is 5.97 Å². The lowest BCUT2D eigenvalue weighted by atomic mass is 10.0. The fraction of sp³-hybridized carbons (Fsp3) is 0.857. The molecule has 0 saturated carbocycles. The molecule has 0 radical (unpaired) electrons. The number of hydrogen-bond acceptors (Lipinski definition) is 6. The Labute approximate surface area is 341 Å². The summed E-state index contributed by atoms with van der Waals surface area (Å²) in [5.74, 6) is 1.53. The van der Waals surface area contributed by atoms with E-state index in [4.69, 9.17) is 14.2 Å². The van der Waals surface area contributed by atoms with Crippen molar-refractivity contribution in [3.05, 3.63) is 23.8 Å². The van der Waals surface area contributed by atoms with Crippen LogP contribution in [0.25, 0.3) is 0 Å². The normalized spacial score (nSPS) is 13.7. The zero-order valence-electron chi connectivity index (χ0n) is 36.8. The van der Waals surface area contributed by atoms with Gasteiger partial charge in [0.15, 0.2) is 0 Å². The minimum absolute atomic E-state index is 0.122. The summed E-state index contributed by atoms with van der Waals surface area (Å²) in [4.78, 5) is 17.4. The third-order valence-corrected chi connectivity index (χ3v) is 11.6. The van der Waals surface area contributed by atoms with Crippen molar-refractivity contribution in [1.29, 1.82) is 0 Å². The molecular weight excluding hydrogens is 681 g/mol. The van der Waals surface area contributed by atoms with Crippen molar-refractivity contribution in [2.45, 2.75) is 219 Å². The van der Waals surface area contributed by atoms with E-state index in [-0.39, 0.29) is 12.6 Å². The van der Waals surface area contributed by atoms with Gasteiger partial charge in [-0.3, -0.25) is 4.79 Å². The fourth-order valence-corrected chi connectivity index (χ4v) is 7.79. The van der Waals surface area contributed by atoms with E-state index < -0.39 is 0 Å². The fourth-order valence-electron chi connectivity index (χ4n) is 7.79. The molecule has 1 aromatic rings. The van der Waals surface area contributed by atoms with Crippen LogP contribution in [0.4, 0.5) is 0 Å². The number of carbonyl (C=O) groups is 1. The molecule has 1 saturated heterocycles. The van der Waals surface area contributed by atoms with E-state index in [1.807, 2.05) is 18.2 Å². The Balaban J connectivity index is 1.63. The maximum Gasteiger partial charge on any atom is 0.306 e. The standard InChI is InChI=1S/C49H90N2O4/c1-4-6-8-10-12-14-16-18-19-20-22-24-26-28-30-32-41-54-48-43-46(45-55-49(52)34-33-35-51-38-36-50(3)37-39-51)42-47(44-48)53-40-31-29-27-25-23-21-17-15-13-11-9-7-5-2/h42-44H,4-41,45H2,1-3H3. The van der Waals surface area contributed by atoms with Crippen LogP contribution in [0.3, 0.4) is 0 Å². The van der Waals surface area contributed by atoms with Gasteiger partial charge in [-0.25, -0.2) is 0 Å². The predicted octanol–water partition coefficient (Wildman–Crippen LogP) is 13.9. The van der Waals surface area contributed by atoms with Crippen LogP contribution in [0.15, 0.2) is 18.2 Å². The number of likely N-dealkylation sites (N-methyl/N-ethyl adjacent to an activating group) is 1. The van der Waals surface area contributed by atoms with E-state index in [1.165, 1.54) is 173 Å². The van der Waals surface area contributed by atoms with Gasteiger partial charge in [-0.05, 0) is 50.6 Å². The van der Waals surface area contributed by atoms with Crippen LogP contribution in [0.5, 0.6) is 11.5 Å². The van der Waals surface area contributed by atoms with Gasteiger partial charge < -0.3 is 24.0 Å². The van der Waals surface area contributed by atoms with Crippen LogP contribution >= 0.6 is 0 Å². The second-order valence-corrected chi connectivity index (χ2v) is 17.0. The molecule has 320 valence electrons. The van der Waals surface area contributed by atoms with Crippen molar-refractivity contribution in [3.63, 3.8) is 0 Å². The minimum Gasteiger partial charge on any atom is -0.493 e.